The molecule has 2 unspecified atom stereocenters. The molecule has 1 N–H and O–H groups in total. The van der Waals surface area contributed by atoms with Crippen LogP contribution in [0.4, 0.5) is 4.79 Å². The maximum Gasteiger partial charge on any atom is 0.407 e. The molecule has 0 saturated carbocycles. The van der Waals surface area contributed by atoms with Gasteiger partial charge in [0, 0.05) is 12.3 Å². The highest BCUT2D eigenvalue weighted by Crippen LogP contribution is 2.41. The zero-order valence-electron chi connectivity index (χ0n) is 32.3. The molecule has 296 valence electrons. The second kappa shape index (κ2) is 20.3. The van der Waals surface area contributed by atoms with Crippen molar-refractivity contribution in [2.75, 3.05) is 69.0 Å². The summed E-state index contributed by atoms with van der Waals surface area (Å²) in [7, 11) is 9.28. The number of carbonyl (C=O) groups is 1. The quantitative estimate of drug-likeness (QED) is 0.0933. The van der Waals surface area contributed by atoms with Crippen molar-refractivity contribution in [1.29, 1.82) is 0 Å². The minimum Gasteiger partial charge on any atom is -0.494 e. The summed E-state index contributed by atoms with van der Waals surface area (Å²) >= 11 is 0. The average Bonchev–Trinajstić information content (AvgIpc) is 3.22. The van der Waals surface area contributed by atoms with Crippen molar-refractivity contribution < 1.29 is 57.3 Å². The number of carboxylic acid groups (broad SMARTS) is 1. The van der Waals surface area contributed by atoms with Crippen LogP contribution in [0.15, 0.2) is 78.9 Å². The Labute approximate surface area is 322 Å². The fourth-order valence-electron chi connectivity index (χ4n) is 6.62. The van der Waals surface area contributed by atoms with E-state index in [0.717, 1.165) is 28.7 Å². The van der Waals surface area contributed by atoms with Crippen LogP contribution in [0.3, 0.4) is 0 Å². The van der Waals surface area contributed by atoms with Crippen LogP contribution < -0.4 is 33.2 Å². The number of nitrogens with zero attached hydrogens (tertiary/aromatic N) is 1. The second-order valence-electron chi connectivity index (χ2n) is 12.8. The normalized spacial score (nSPS) is 16.6. The molecule has 13 nitrogen and oxygen atoms in total. The molecule has 0 spiro atoms. The van der Waals surface area contributed by atoms with E-state index >= 15 is 0 Å². The summed E-state index contributed by atoms with van der Waals surface area (Å²) in [6, 6.07) is 25.1. The summed E-state index contributed by atoms with van der Waals surface area (Å²) in [5.41, 5.74) is 3.55. The maximum atomic E-state index is 12.5. The van der Waals surface area contributed by atoms with Crippen molar-refractivity contribution in [2.24, 2.45) is 0 Å². The number of rotatable bonds is 20. The number of benzene rings is 4. The average molecular weight is 762 g/mol. The largest absolute Gasteiger partial charge is 0.494 e. The number of hydrogen-bond donors (Lipinski definition) is 1. The van der Waals surface area contributed by atoms with E-state index in [0.29, 0.717) is 60.1 Å². The van der Waals surface area contributed by atoms with Gasteiger partial charge in [0.2, 0.25) is 11.5 Å². The van der Waals surface area contributed by atoms with E-state index in [4.69, 9.17) is 47.4 Å². The van der Waals surface area contributed by atoms with Gasteiger partial charge in [-0.05, 0) is 58.7 Å². The molecule has 1 saturated heterocycles. The first-order valence-corrected chi connectivity index (χ1v) is 18.0. The third-order valence-corrected chi connectivity index (χ3v) is 9.33. The number of piperidine rings is 1. The number of ether oxygens (including phenoxy) is 10. The maximum absolute atomic E-state index is 12.5. The molecule has 55 heavy (non-hydrogen) atoms. The van der Waals surface area contributed by atoms with Gasteiger partial charge < -0.3 is 57.4 Å². The summed E-state index contributed by atoms with van der Waals surface area (Å²) in [5.74, 6) is 3.21. The molecule has 1 aliphatic rings. The molecule has 0 bridgehead atoms. The van der Waals surface area contributed by atoms with Gasteiger partial charge in [-0.25, -0.2) is 4.79 Å². The number of amides is 1. The summed E-state index contributed by atoms with van der Waals surface area (Å²) in [6.07, 6.45) is -1.53. The van der Waals surface area contributed by atoms with Gasteiger partial charge in [0.05, 0.1) is 101 Å². The summed E-state index contributed by atoms with van der Waals surface area (Å²) in [6.45, 7) is 2.14. The van der Waals surface area contributed by atoms with Crippen molar-refractivity contribution in [1.82, 2.24) is 4.90 Å². The van der Waals surface area contributed by atoms with E-state index in [1.54, 1.807) is 42.7 Å². The number of likely N-dealkylation sites (tertiary alicyclic amines) is 1. The van der Waals surface area contributed by atoms with Gasteiger partial charge in [-0.2, -0.15) is 0 Å². The van der Waals surface area contributed by atoms with Crippen LogP contribution in [0.2, 0.25) is 0 Å². The van der Waals surface area contributed by atoms with Gasteiger partial charge in [0.15, 0.2) is 23.0 Å². The van der Waals surface area contributed by atoms with E-state index in [1.165, 1.54) is 4.90 Å². The Hall–Kier alpha value is -5.37. The Bertz CT molecular complexity index is 1670. The van der Waals surface area contributed by atoms with Crippen molar-refractivity contribution in [3.63, 3.8) is 0 Å². The Balaban J connectivity index is 1.36. The van der Waals surface area contributed by atoms with Crippen molar-refractivity contribution in [2.45, 2.75) is 44.4 Å². The van der Waals surface area contributed by atoms with Gasteiger partial charge >= 0.3 is 6.09 Å². The molecule has 13 heteroatoms. The highest BCUT2D eigenvalue weighted by atomic mass is 16.5. The number of methoxy groups -OCH3 is 6. The van der Waals surface area contributed by atoms with E-state index in [2.05, 4.69) is 0 Å². The molecule has 4 aromatic carbocycles. The molecule has 0 aliphatic carbocycles. The van der Waals surface area contributed by atoms with Gasteiger partial charge in [-0.1, -0.05) is 42.5 Å². The van der Waals surface area contributed by atoms with E-state index in [9.17, 15) is 9.90 Å². The van der Waals surface area contributed by atoms with E-state index in [1.807, 2.05) is 78.9 Å². The predicted molar refractivity (Wildman–Crippen MR) is 204 cm³/mol. The van der Waals surface area contributed by atoms with Gasteiger partial charge in [-0.3, -0.25) is 0 Å². The van der Waals surface area contributed by atoms with Crippen molar-refractivity contribution in [3.05, 3.63) is 101 Å². The molecule has 1 amide bonds. The smallest absolute Gasteiger partial charge is 0.407 e. The lowest BCUT2D eigenvalue weighted by Crippen LogP contribution is -2.54. The van der Waals surface area contributed by atoms with Crippen LogP contribution in [0.5, 0.6) is 40.2 Å². The topological polar surface area (TPSA) is 133 Å². The van der Waals surface area contributed by atoms with Crippen LogP contribution in [0, 0.1) is 0 Å². The predicted octanol–water partition coefficient (Wildman–Crippen LogP) is 6.97. The van der Waals surface area contributed by atoms with Gasteiger partial charge in [0.25, 0.3) is 0 Å². The van der Waals surface area contributed by atoms with Crippen LogP contribution in [0.25, 0.3) is 0 Å². The lowest BCUT2D eigenvalue weighted by molar-refractivity contribution is -0.0937. The van der Waals surface area contributed by atoms with Gasteiger partial charge in [-0.15, -0.1) is 0 Å². The fraction of sp³-hybridized carbons (Fsp3) is 0.405. The minimum atomic E-state index is -1.07. The molecule has 1 fully saturated rings. The standard InChI is InChI=1S/C42H51NO12/c1-46-33-19-29(20-34(47-2)40(33)50-5)26-54-37-23-43(42(44)45)24-38(55-27-30-21-35(48-3)41(51-6)36(22-30)49-4)39(37)31-13-15-32(16-14-31)53-18-10-17-52-25-28-11-8-7-9-12-28/h7-9,11-16,19-22,37-39H,10,17-18,23-27H2,1-6H3,(H,44,45). The Morgan fingerprint density at radius 2 is 1.11 bits per heavy atom. The van der Waals surface area contributed by atoms with Crippen molar-refractivity contribution in [3.8, 4) is 40.2 Å². The SMILES string of the molecule is COc1cc(COC2CN(C(=O)O)CC(OCc3cc(OC)c(OC)c(OC)c3)C2c2ccc(OCCCOCc3ccccc3)cc2)cc(OC)c1OC. The molecular formula is C42H51NO12. The molecule has 4 aromatic rings. The summed E-state index contributed by atoms with van der Waals surface area (Å²) < 4.78 is 58.2. The zero-order valence-corrected chi connectivity index (χ0v) is 32.3. The lowest BCUT2D eigenvalue weighted by Gasteiger charge is -2.42. The van der Waals surface area contributed by atoms with Crippen LogP contribution in [-0.2, 0) is 34.0 Å². The first-order valence-electron chi connectivity index (χ1n) is 18.0. The van der Waals surface area contributed by atoms with Crippen LogP contribution in [-0.4, -0.2) is 97.3 Å². The lowest BCUT2D eigenvalue weighted by atomic mass is 9.84. The molecular weight excluding hydrogens is 710 g/mol. The Morgan fingerprint density at radius 1 is 0.618 bits per heavy atom. The fourth-order valence-corrected chi connectivity index (χ4v) is 6.62. The number of hydrogen-bond acceptors (Lipinski definition) is 11. The summed E-state index contributed by atoms with van der Waals surface area (Å²) in [5, 5.41) is 10.2. The third kappa shape index (κ3) is 10.7. The van der Waals surface area contributed by atoms with Crippen molar-refractivity contribution >= 4 is 6.09 Å². The second-order valence-corrected chi connectivity index (χ2v) is 12.8. The Morgan fingerprint density at radius 3 is 1.55 bits per heavy atom. The minimum absolute atomic E-state index is 0.121. The van der Waals surface area contributed by atoms with Crippen LogP contribution >= 0.6 is 0 Å². The first kappa shape index (κ1) is 40.8. The highest BCUT2D eigenvalue weighted by Gasteiger charge is 2.41. The highest BCUT2D eigenvalue weighted by molar-refractivity contribution is 5.65. The van der Waals surface area contributed by atoms with Gasteiger partial charge in [0.1, 0.15) is 5.75 Å². The summed E-state index contributed by atoms with van der Waals surface area (Å²) in [4.78, 5) is 13.8. The monoisotopic (exact) mass is 761 g/mol. The first-order chi connectivity index (χ1) is 26.8. The Kier molecular flexibility index (Phi) is 15.1. The van der Waals surface area contributed by atoms with Crippen LogP contribution in [0.1, 0.15) is 34.6 Å². The molecule has 2 atom stereocenters. The molecule has 1 heterocycles. The molecule has 1 aliphatic heterocycles. The zero-order chi connectivity index (χ0) is 39.2. The van der Waals surface area contributed by atoms with E-state index in [-0.39, 0.29) is 32.2 Å². The molecule has 0 radical (unpaired) electrons. The molecule has 0 aromatic heterocycles. The molecule has 5 rings (SSSR count). The third-order valence-electron chi connectivity index (χ3n) is 9.33. The van der Waals surface area contributed by atoms with E-state index < -0.39 is 18.3 Å².